The van der Waals surface area contributed by atoms with Gasteiger partial charge in [0.2, 0.25) is 0 Å². The predicted molar refractivity (Wildman–Crippen MR) is 72.6 cm³/mol. The fourth-order valence-electron chi connectivity index (χ4n) is 1.70. The Balaban J connectivity index is 2.31. The Morgan fingerprint density at radius 1 is 1.24 bits per heavy atom. The molecule has 90 valence electrons. The maximum Gasteiger partial charge on any atom is 0.305 e. The number of rotatable bonds is 4. The van der Waals surface area contributed by atoms with Gasteiger partial charge in [-0.25, -0.2) is 0 Å². The molecule has 0 saturated heterocycles. The van der Waals surface area contributed by atoms with E-state index < -0.39 is 0 Å². The summed E-state index contributed by atoms with van der Waals surface area (Å²) in [4.78, 5) is 17.7. The van der Waals surface area contributed by atoms with E-state index in [1.807, 2.05) is 44.4 Å². The van der Waals surface area contributed by atoms with Crippen molar-refractivity contribution >= 4 is 11.3 Å². The largest absolute Gasteiger partial charge is 0.312 e. The first kappa shape index (κ1) is 12.1. The summed E-state index contributed by atoms with van der Waals surface area (Å²) in [7, 11) is 4.08. The van der Waals surface area contributed by atoms with Crippen molar-refractivity contribution in [3.05, 3.63) is 44.9 Å². The summed E-state index contributed by atoms with van der Waals surface area (Å²) in [6, 6.07) is 10.0. The zero-order valence-corrected chi connectivity index (χ0v) is 10.9. The molecule has 0 aliphatic rings. The molecule has 0 aliphatic heterocycles. The van der Waals surface area contributed by atoms with E-state index >= 15 is 0 Å². The van der Waals surface area contributed by atoms with Gasteiger partial charge in [-0.15, -0.1) is 0 Å². The van der Waals surface area contributed by atoms with Crippen LogP contribution in [0.3, 0.4) is 0 Å². The number of H-pyrrole nitrogens is 1. The first-order valence-electron chi connectivity index (χ1n) is 5.59. The molecule has 0 aliphatic carbocycles. The number of nitrogens with one attached hydrogen (secondary N) is 1. The summed E-state index contributed by atoms with van der Waals surface area (Å²) >= 11 is 1.31. The van der Waals surface area contributed by atoms with E-state index in [1.54, 1.807) is 0 Å². The lowest BCUT2D eigenvalue weighted by atomic mass is 10.1. The highest BCUT2D eigenvalue weighted by Crippen LogP contribution is 2.23. The zero-order valence-electron chi connectivity index (χ0n) is 10.1. The SMILES string of the molecule is CN(C)CCc1sc(=O)[nH]c1-c1ccccc1. The van der Waals surface area contributed by atoms with Gasteiger partial charge < -0.3 is 9.88 Å². The van der Waals surface area contributed by atoms with Crippen molar-refractivity contribution in [2.75, 3.05) is 20.6 Å². The van der Waals surface area contributed by atoms with Crippen molar-refractivity contribution in [2.24, 2.45) is 0 Å². The Hall–Kier alpha value is -1.39. The molecule has 1 N–H and O–H groups in total. The van der Waals surface area contributed by atoms with Crippen LogP contribution in [-0.4, -0.2) is 30.5 Å². The molecule has 3 nitrogen and oxygen atoms in total. The Bertz CT molecular complexity index is 528. The minimum Gasteiger partial charge on any atom is -0.312 e. The van der Waals surface area contributed by atoms with Crippen molar-refractivity contribution in [2.45, 2.75) is 6.42 Å². The van der Waals surface area contributed by atoms with Crippen LogP contribution in [-0.2, 0) is 6.42 Å². The van der Waals surface area contributed by atoms with Crippen molar-refractivity contribution in [1.82, 2.24) is 9.88 Å². The van der Waals surface area contributed by atoms with E-state index in [4.69, 9.17) is 0 Å². The van der Waals surface area contributed by atoms with Crippen LogP contribution < -0.4 is 4.87 Å². The molecule has 0 fully saturated rings. The highest BCUT2D eigenvalue weighted by molar-refractivity contribution is 7.09. The minimum atomic E-state index is 0.0256. The van der Waals surface area contributed by atoms with Crippen LogP contribution in [0.1, 0.15) is 4.88 Å². The molecule has 4 heteroatoms. The molecule has 1 aromatic heterocycles. The maximum absolute atomic E-state index is 11.5. The van der Waals surface area contributed by atoms with Gasteiger partial charge in [0.25, 0.3) is 0 Å². The summed E-state index contributed by atoms with van der Waals surface area (Å²) in [6.45, 7) is 0.952. The van der Waals surface area contributed by atoms with Gasteiger partial charge in [0, 0.05) is 11.4 Å². The summed E-state index contributed by atoms with van der Waals surface area (Å²) in [5.41, 5.74) is 2.06. The molecule has 1 aromatic carbocycles. The van der Waals surface area contributed by atoms with Crippen molar-refractivity contribution < 1.29 is 0 Å². The number of hydrogen-bond acceptors (Lipinski definition) is 3. The summed E-state index contributed by atoms with van der Waals surface area (Å²) in [6.07, 6.45) is 0.903. The molecule has 0 spiro atoms. The molecule has 0 bridgehead atoms. The number of benzene rings is 1. The number of aromatic amines is 1. The Kier molecular flexibility index (Phi) is 3.76. The molecule has 2 rings (SSSR count). The highest BCUT2D eigenvalue weighted by atomic mass is 32.1. The molecule has 0 unspecified atom stereocenters. The third kappa shape index (κ3) is 3.05. The smallest absolute Gasteiger partial charge is 0.305 e. The average Bonchev–Trinajstić information content (AvgIpc) is 2.69. The van der Waals surface area contributed by atoms with Gasteiger partial charge in [-0.1, -0.05) is 41.7 Å². The lowest BCUT2D eigenvalue weighted by Gasteiger charge is -2.09. The second kappa shape index (κ2) is 5.29. The summed E-state index contributed by atoms with van der Waals surface area (Å²) in [5, 5.41) is 0. The van der Waals surface area contributed by atoms with Crippen molar-refractivity contribution in [3.63, 3.8) is 0 Å². The lowest BCUT2D eigenvalue weighted by Crippen LogP contribution is -2.14. The van der Waals surface area contributed by atoms with Gasteiger partial charge >= 0.3 is 4.87 Å². The highest BCUT2D eigenvalue weighted by Gasteiger charge is 2.09. The van der Waals surface area contributed by atoms with Crippen LogP contribution in [0.4, 0.5) is 0 Å². The third-order valence-electron chi connectivity index (χ3n) is 2.57. The topological polar surface area (TPSA) is 36.1 Å². The van der Waals surface area contributed by atoms with Crippen molar-refractivity contribution in [3.8, 4) is 11.3 Å². The number of likely N-dealkylation sites (N-methyl/N-ethyl adjacent to an activating group) is 1. The molecular weight excluding hydrogens is 232 g/mol. The van der Waals surface area contributed by atoms with Crippen molar-refractivity contribution in [1.29, 1.82) is 0 Å². The minimum absolute atomic E-state index is 0.0256. The Labute approximate surface area is 105 Å². The standard InChI is InChI=1S/C13H16N2OS/c1-15(2)9-8-11-12(14-13(16)17-11)10-6-4-3-5-7-10/h3-7H,8-9H2,1-2H3,(H,14,16). The van der Waals surface area contributed by atoms with Gasteiger partial charge in [-0.2, -0.15) is 0 Å². The van der Waals surface area contributed by atoms with Crippen LogP contribution in [0.5, 0.6) is 0 Å². The van der Waals surface area contributed by atoms with Gasteiger partial charge in [-0.3, -0.25) is 4.79 Å². The fraction of sp³-hybridized carbons (Fsp3) is 0.308. The average molecular weight is 248 g/mol. The molecule has 2 aromatic rings. The van der Waals surface area contributed by atoms with Crippen LogP contribution in [0.2, 0.25) is 0 Å². The third-order valence-corrected chi connectivity index (χ3v) is 3.51. The first-order chi connectivity index (χ1) is 8.16. The second-order valence-corrected chi connectivity index (χ2v) is 5.30. The van der Waals surface area contributed by atoms with Crippen LogP contribution in [0, 0.1) is 0 Å². The molecular formula is C13H16N2OS. The number of nitrogens with zero attached hydrogens (tertiary/aromatic N) is 1. The first-order valence-corrected chi connectivity index (χ1v) is 6.40. The van der Waals surface area contributed by atoms with Crippen LogP contribution >= 0.6 is 11.3 Å². The molecule has 0 radical (unpaired) electrons. The number of thiazole rings is 1. The van der Waals surface area contributed by atoms with E-state index in [-0.39, 0.29) is 4.87 Å². The quantitative estimate of drug-likeness (QED) is 0.900. The summed E-state index contributed by atoms with van der Waals surface area (Å²) < 4.78 is 0. The Morgan fingerprint density at radius 2 is 1.94 bits per heavy atom. The molecule has 0 atom stereocenters. The summed E-state index contributed by atoms with van der Waals surface area (Å²) in [5.74, 6) is 0. The number of hydrogen-bond donors (Lipinski definition) is 1. The second-order valence-electron chi connectivity index (χ2n) is 4.23. The molecule has 0 amide bonds. The van der Waals surface area contributed by atoms with Gasteiger partial charge in [0.15, 0.2) is 0 Å². The normalized spacial score (nSPS) is 11.0. The molecule has 17 heavy (non-hydrogen) atoms. The Morgan fingerprint density at radius 3 is 2.59 bits per heavy atom. The lowest BCUT2D eigenvalue weighted by molar-refractivity contribution is 0.415. The van der Waals surface area contributed by atoms with Gasteiger partial charge in [-0.05, 0) is 26.1 Å². The predicted octanol–water partition coefficient (Wildman–Crippen LogP) is 2.21. The van der Waals surface area contributed by atoms with E-state index in [1.165, 1.54) is 11.3 Å². The van der Waals surface area contributed by atoms with Gasteiger partial charge in [0.1, 0.15) is 0 Å². The van der Waals surface area contributed by atoms with E-state index in [0.717, 1.165) is 29.1 Å². The van der Waals surface area contributed by atoms with E-state index in [9.17, 15) is 4.79 Å². The van der Waals surface area contributed by atoms with Crippen LogP contribution in [0.15, 0.2) is 35.1 Å². The maximum atomic E-state index is 11.5. The number of aromatic nitrogens is 1. The van der Waals surface area contributed by atoms with Crippen LogP contribution in [0.25, 0.3) is 11.3 Å². The van der Waals surface area contributed by atoms with E-state index in [0.29, 0.717) is 0 Å². The fourth-order valence-corrected chi connectivity index (χ4v) is 2.54. The molecule has 0 saturated carbocycles. The van der Waals surface area contributed by atoms with Gasteiger partial charge in [0.05, 0.1) is 5.69 Å². The van der Waals surface area contributed by atoms with E-state index in [2.05, 4.69) is 9.88 Å². The zero-order chi connectivity index (χ0) is 12.3. The molecule has 1 heterocycles. The monoisotopic (exact) mass is 248 g/mol.